The van der Waals surface area contributed by atoms with Crippen LogP contribution in [-0.4, -0.2) is 72.0 Å². The van der Waals surface area contributed by atoms with Gasteiger partial charge in [-0.3, -0.25) is 19.4 Å². The van der Waals surface area contributed by atoms with E-state index in [-0.39, 0.29) is 35.8 Å². The van der Waals surface area contributed by atoms with Crippen LogP contribution in [0.1, 0.15) is 27.2 Å². The largest absolute Gasteiger partial charge is 0.431 e. The summed E-state index contributed by atoms with van der Waals surface area (Å²) in [6.07, 6.45) is 0.943. The standard InChI is InChI=1S/C20H26F4N4O3/c1-20(2,3)26-17(30)10-28-12-6-13(28)8-27(7-12)9-16(29)25-11-4-14(21)18(22)15(5-11)31-19(23)24/h4-5,12-13,19H,6-10H2,1-3H3,(H,25,29)(H,26,30). The fourth-order valence-corrected chi connectivity index (χ4v) is 4.01. The van der Waals surface area contributed by atoms with Crippen LogP contribution in [-0.2, 0) is 9.59 Å². The summed E-state index contributed by atoms with van der Waals surface area (Å²) in [5.74, 6) is -4.48. The topological polar surface area (TPSA) is 73.9 Å². The minimum absolute atomic E-state index is 0.000932. The molecule has 4 rings (SSSR count). The Hall–Kier alpha value is -2.40. The van der Waals surface area contributed by atoms with E-state index in [1.165, 1.54) is 0 Å². The van der Waals surface area contributed by atoms with E-state index in [1.807, 2.05) is 25.7 Å². The van der Waals surface area contributed by atoms with Crippen LogP contribution in [0.4, 0.5) is 23.2 Å². The van der Waals surface area contributed by atoms with E-state index < -0.39 is 29.9 Å². The summed E-state index contributed by atoms with van der Waals surface area (Å²) < 4.78 is 55.7. The maximum absolute atomic E-state index is 13.6. The normalized spacial score (nSPS) is 21.5. The number of benzene rings is 1. The van der Waals surface area contributed by atoms with Crippen molar-refractivity contribution in [2.45, 2.75) is 51.4 Å². The molecule has 2 atom stereocenters. The number of alkyl halides is 2. The summed E-state index contributed by atoms with van der Waals surface area (Å²) in [7, 11) is 0. The maximum atomic E-state index is 13.6. The molecule has 2 unspecified atom stereocenters. The minimum Gasteiger partial charge on any atom is -0.431 e. The number of amides is 2. The summed E-state index contributed by atoms with van der Waals surface area (Å²) in [5, 5.41) is 5.31. The number of carbonyl (C=O) groups is 2. The molecule has 1 aromatic rings. The Balaban J connectivity index is 1.51. The zero-order chi connectivity index (χ0) is 22.9. The minimum atomic E-state index is -3.33. The van der Waals surface area contributed by atoms with Crippen LogP contribution in [0.2, 0.25) is 0 Å². The fourth-order valence-electron chi connectivity index (χ4n) is 4.01. The molecule has 11 heteroatoms. The van der Waals surface area contributed by atoms with Gasteiger partial charge in [0.1, 0.15) is 0 Å². The molecule has 1 aromatic carbocycles. The Morgan fingerprint density at radius 1 is 1.13 bits per heavy atom. The predicted octanol–water partition coefficient (Wildman–Crippen LogP) is 2.18. The average Bonchev–Trinajstić information content (AvgIpc) is 2.62. The lowest BCUT2D eigenvalue weighted by Gasteiger charge is -2.56. The first-order valence-electron chi connectivity index (χ1n) is 9.94. The monoisotopic (exact) mass is 446 g/mol. The van der Waals surface area contributed by atoms with Crippen molar-refractivity contribution < 1.29 is 31.9 Å². The number of hydrogen-bond donors (Lipinski definition) is 2. The highest BCUT2D eigenvalue weighted by atomic mass is 19.3. The summed E-state index contributed by atoms with van der Waals surface area (Å²) in [6, 6.07) is 1.83. The van der Waals surface area contributed by atoms with Gasteiger partial charge in [-0.1, -0.05) is 0 Å². The van der Waals surface area contributed by atoms with Crippen LogP contribution < -0.4 is 15.4 Å². The van der Waals surface area contributed by atoms with Gasteiger partial charge in [0, 0.05) is 48.5 Å². The zero-order valence-electron chi connectivity index (χ0n) is 17.6. The first kappa shape index (κ1) is 23.3. The molecule has 3 heterocycles. The van der Waals surface area contributed by atoms with Crippen molar-refractivity contribution in [3.63, 3.8) is 0 Å². The van der Waals surface area contributed by atoms with Crippen molar-refractivity contribution in [1.29, 1.82) is 0 Å². The van der Waals surface area contributed by atoms with Gasteiger partial charge in [-0.15, -0.1) is 0 Å². The lowest BCUT2D eigenvalue weighted by molar-refractivity contribution is -0.134. The highest BCUT2D eigenvalue weighted by molar-refractivity contribution is 5.92. The maximum Gasteiger partial charge on any atom is 0.387 e. The molecule has 2 bridgehead atoms. The van der Waals surface area contributed by atoms with Gasteiger partial charge >= 0.3 is 6.61 Å². The number of piperazine rings is 1. The Labute approximate surface area is 177 Å². The predicted molar refractivity (Wildman–Crippen MR) is 105 cm³/mol. The van der Waals surface area contributed by atoms with E-state index in [0.717, 1.165) is 12.5 Å². The van der Waals surface area contributed by atoms with Crippen LogP contribution in [0.3, 0.4) is 0 Å². The van der Waals surface area contributed by atoms with Crippen molar-refractivity contribution in [3.05, 3.63) is 23.8 Å². The smallest absolute Gasteiger partial charge is 0.387 e. The van der Waals surface area contributed by atoms with Gasteiger partial charge in [-0.25, -0.2) is 4.39 Å². The lowest BCUT2D eigenvalue weighted by atomic mass is 9.87. The molecule has 0 spiro atoms. The molecule has 0 aliphatic carbocycles. The average molecular weight is 446 g/mol. The van der Waals surface area contributed by atoms with Crippen molar-refractivity contribution >= 4 is 17.5 Å². The Morgan fingerprint density at radius 2 is 1.77 bits per heavy atom. The number of hydrogen-bond acceptors (Lipinski definition) is 5. The number of fused-ring (bicyclic) bond motifs is 2. The molecule has 2 N–H and O–H groups in total. The van der Waals surface area contributed by atoms with Crippen molar-refractivity contribution in [2.75, 3.05) is 31.5 Å². The summed E-state index contributed by atoms with van der Waals surface area (Å²) >= 11 is 0. The summed E-state index contributed by atoms with van der Waals surface area (Å²) in [6.45, 7) is 3.89. The van der Waals surface area contributed by atoms with Gasteiger partial charge < -0.3 is 15.4 Å². The Bertz CT molecular complexity index is 834. The van der Waals surface area contributed by atoms with E-state index in [4.69, 9.17) is 0 Å². The molecule has 31 heavy (non-hydrogen) atoms. The van der Waals surface area contributed by atoms with Crippen LogP contribution in [0.15, 0.2) is 12.1 Å². The van der Waals surface area contributed by atoms with Gasteiger partial charge in [-0.05, 0) is 27.2 Å². The number of nitrogens with zero attached hydrogens (tertiary/aromatic N) is 2. The zero-order valence-corrected chi connectivity index (χ0v) is 17.6. The molecule has 7 nitrogen and oxygen atoms in total. The highest BCUT2D eigenvalue weighted by Gasteiger charge is 2.45. The van der Waals surface area contributed by atoms with E-state index in [1.54, 1.807) is 0 Å². The van der Waals surface area contributed by atoms with Crippen molar-refractivity contribution in [1.82, 2.24) is 15.1 Å². The number of nitrogens with one attached hydrogen (secondary N) is 2. The molecule has 0 aromatic heterocycles. The molecule has 0 radical (unpaired) electrons. The fraction of sp³-hybridized carbons (Fsp3) is 0.600. The molecule has 2 amide bonds. The first-order chi connectivity index (χ1) is 14.4. The van der Waals surface area contributed by atoms with Gasteiger partial charge in [0.05, 0.1) is 13.1 Å². The SMILES string of the molecule is CC(C)(C)NC(=O)CN1C2CC1CN(CC(=O)Nc1cc(F)c(F)c(OC(F)F)c1)C2. The van der Waals surface area contributed by atoms with Gasteiger partial charge in [0.15, 0.2) is 11.6 Å². The Morgan fingerprint density at radius 3 is 2.35 bits per heavy atom. The second-order valence-electron chi connectivity index (χ2n) is 8.90. The number of halogens is 4. The van der Waals surface area contributed by atoms with Crippen LogP contribution >= 0.6 is 0 Å². The third-order valence-electron chi connectivity index (χ3n) is 5.12. The molecule has 3 aliphatic rings. The second-order valence-corrected chi connectivity index (χ2v) is 8.90. The highest BCUT2D eigenvalue weighted by Crippen LogP contribution is 2.32. The molecule has 3 aliphatic heterocycles. The lowest BCUT2D eigenvalue weighted by Crippen LogP contribution is -2.70. The number of anilines is 1. The number of piperidine rings is 1. The molecule has 0 saturated carbocycles. The molecule has 3 saturated heterocycles. The number of carbonyl (C=O) groups excluding carboxylic acids is 2. The molecular weight excluding hydrogens is 420 g/mol. The van der Waals surface area contributed by atoms with E-state index in [2.05, 4.69) is 20.3 Å². The molecular formula is C20H26F4N4O3. The summed E-state index contributed by atoms with van der Waals surface area (Å²) in [4.78, 5) is 28.5. The quantitative estimate of drug-likeness (QED) is 0.629. The third kappa shape index (κ3) is 6.07. The number of rotatable bonds is 7. The van der Waals surface area contributed by atoms with Crippen LogP contribution in [0.5, 0.6) is 5.75 Å². The first-order valence-corrected chi connectivity index (χ1v) is 9.94. The van der Waals surface area contributed by atoms with E-state index >= 15 is 0 Å². The van der Waals surface area contributed by atoms with E-state index in [9.17, 15) is 27.2 Å². The van der Waals surface area contributed by atoms with Gasteiger partial charge in [0.2, 0.25) is 17.6 Å². The van der Waals surface area contributed by atoms with Crippen LogP contribution in [0, 0.1) is 11.6 Å². The molecule has 172 valence electrons. The molecule has 3 fully saturated rings. The van der Waals surface area contributed by atoms with Crippen molar-refractivity contribution in [2.24, 2.45) is 0 Å². The van der Waals surface area contributed by atoms with Gasteiger partial charge in [0.25, 0.3) is 0 Å². The second kappa shape index (κ2) is 8.99. The third-order valence-corrected chi connectivity index (χ3v) is 5.12. The van der Waals surface area contributed by atoms with E-state index in [0.29, 0.717) is 25.7 Å². The van der Waals surface area contributed by atoms with Crippen LogP contribution in [0.25, 0.3) is 0 Å². The number of ether oxygens (including phenoxy) is 1. The van der Waals surface area contributed by atoms with Crippen molar-refractivity contribution in [3.8, 4) is 5.75 Å². The Kier molecular flexibility index (Phi) is 6.75. The summed E-state index contributed by atoms with van der Waals surface area (Å²) in [5.41, 5.74) is -0.483. The van der Waals surface area contributed by atoms with Gasteiger partial charge in [-0.2, -0.15) is 13.2 Å².